The van der Waals surface area contributed by atoms with Crippen molar-refractivity contribution in [2.75, 3.05) is 7.05 Å². The maximum atomic E-state index is 12.1. The summed E-state index contributed by atoms with van der Waals surface area (Å²) in [6.07, 6.45) is 1.98. The second-order valence-electron chi connectivity index (χ2n) is 4.46. The number of carboxylic acids is 1. The van der Waals surface area contributed by atoms with E-state index in [9.17, 15) is 9.59 Å². The molecule has 6 nitrogen and oxygen atoms in total. The van der Waals surface area contributed by atoms with E-state index in [-0.39, 0.29) is 16.9 Å². The standard InChI is InChI=1S/C11H17N3O3/c1-5-11(2,3)14(4)9(15)7-8(10(16)17)13-6-12-7/h6H,5H2,1-4H3,(H,12,13)(H,16,17). The van der Waals surface area contributed by atoms with Gasteiger partial charge in [-0.1, -0.05) is 6.92 Å². The fourth-order valence-electron chi connectivity index (χ4n) is 1.29. The van der Waals surface area contributed by atoms with E-state index in [0.717, 1.165) is 6.42 Å². The molecule has 0 saturated carbocycles. The Morgan fingerprint density at radius 3 is 2.59 bits per heavy atom. The summed E-state index contributed by atoms with van der Waals surface area (Å²) in [6, 6.07) is 0. The molecule has 0 aliphatic carbocycles. The number of carboxylic acid groups (broad SMARTS) is 1. The van der Waals surface area contributed by atoms with Gasteiger partial charge in [-0.2, -0.15) is 0 Å². The molecule has 1 heterocycles. The monoisotopic (exact) mass is 239 g/mol. The van der Waals surface area contributed by atoms with Gasteiger partial charge in [0, 0.05) is 12.6 Å². The van der Waals surface area contributed by atoms with Crippen LogP contribution in [0.5, 0.6) is 0 Å². The van der Waals surface area contributed by atoms with Crippen molar-refractivity contribution >= 4 is 11.9 Å². The number of rotatable bonds is 4. The number of nitrogens with zero attached hydrogens (tertiary/aromatic N) is 2. The molecular formula is C11H17N3O3. The molecule has 1 amide bonds. The highest BCUT2D eigenvalue weighted by molar-refractivity contribution is 6.02. The van der Waals surface area contributed by atoms with Crippen LogP contribution in [0.4, 0.5) is 0 Å². The van der Waals surface area contributed by atoms with Crippen LogP contribution in [-0.4, -0.2) is 44.4 Å². The fraction of sp³-hybridized carbons (Fsp3) is 0.545. The number of carbonyl (C=O) groups is 2. The van der Waals surface area contributed by atoms with Gasteiger partial charge in [0.05, 0.1) is 6.33 Å². The molecule has 0 atom stereocenters. The summed E-state index contributed by atoms with van der Waals surface area (Å²) in [5.41, 5.74) is -0.568. The Morgan fingerprint density at radius 1 is 1.53 bits per heavy atom. The largest absolute Gasteiger partial charge is 0.477 e. The SMILES string of the molecule is CCC(C)(C)N(C)C(=O)c1nc[nH]c1C(=O)O. The van der Waals surface area contributed by atoms with E-state index >= 15 is 0 Å². The van der Waals surface area contributed by atoms with Crippen molar-refractivity contribution in [3.63, 3.8) is 0 Å². The minimum atomic E-state index is -1.19. The van der Waals surface area contributed by atoms with Gasteiger partial charge in [0.1, 0.15) is 0 Å². The van der Waals surface area contributed by atoms with Crippen LogP contribution in [0, 0.1) is 0 Å². The summed E-state index contributed by atoms with van der Waals surface area (Å²) in [7, 11) is 1.64. The first-order valence-electron chi connectivity index (χ1n) is 5.36. The predicted octanol–water partition coefficient (Wildman–Crippen LogP) is 1.37. The first-order chi connectivity index (χ1) is 7.81. The first kappa shape index (κ1) is 13.2. The van der Waals surface area contributed by atoms with Crippen molar-refractivity contribution in [3.05, 3.63) is 17.7 Å². The number of amides is 1. The lowest BCUT2D eigenvalue weighted by molar-refractivity contribution is 0.0594. The van der Waals surface area contributed by atoms with E-state index in [1.165, 1.54) is 11.2 Å². The van der Waals surface area contributed by atoms with Crippen molar-refractivity contribution in [2.45, 2.75) is 32.7 Å². The zero-order chi connectivity index (χ0) is 13.2. The Labute approximate surface area is 99.7 Å². The van der Waals surface area contributed by atoms with Crippen molar-refractivity contribution < 1.29 is 14.7 Å². The third kappa shape index (κ3) is 2.46. The Bertz CT molecular complexity index is 437. The van der Waals surface area contributed by atoms with E-state index in [2.05, 4.69) is 9.97 Å². The summed E-state index contributed by atoms with van der Waals surface area (Å²) < 4.78 is 0. The van der Waals surface area contributed by atoms with Gasteiger partial charge in [-0.25, -0.2) is 9.78 Å². The molecule has 6 heteroatoms. The number of H-pyrrole nitrogens is 1. The summed E-state index contributed by atoms with van der Waals surface area (Å²) in [5, 5.41) is 8.90. The molecule has 0 unspecified atom stereocenters. The highest BCUT2D eigenvalue weighted by atomic mass is 16.4. The number of hydrogen-bond donors (Lipinski definition) is 2. The van der Waals surface area contributed by atoms with Gasteiger partial charge in [0.25, 0.3) is 5.91 Å². The van der Waals surface area contributed by atoms with Gasteiger partial charge in [-0.3, -0.25) is 4.79 Å². The van der Waals surface area contributed by atoms with Crippen LogP contribution in [0.3, 0.4) is 0 Å². The van der Waals surface area contributed by atoms with Crippen LogP contribution >= 0.6 is 0 Å². The second-order valence-corrected chi connectivity index (χ2v) is 4.46. The number of nitrogens with one attached hydrogen (secondary N) is 1. The number of carbonyl (C=O) groups excluding carboxylic acids is 1. The number of imidazole rings is 1. The van der Waals surface area contributed by atoms with Crippen LogP contribution in [0.1, 0.15) is 48.2 Å². The van der Waals surface area contributed by atoms with E-state index in [1.54, 1.807) is 7.05 Å². The molecule has 0 aliphatic rings. The van der Waals surface area contributed by atoms with Crippen LogP contribution in [0.15, 0.2) is 6.33 Å². The number of hydrogen-bond acceptors (Lipinski definition) is 3. The van der Waals surface area contributed by atoms with Gasteiger partial charge in [-0.15, -0.1) is 0 Å². The average Bonchev–Trinajstić information content (AvgIpc) is 2.75. The molecule has 1 aromatic heterocycles. The van der Waals surface area contributed by atoms with Crippen molar-refractivity contribution in [3.8, 4) is 0 Å². The smallest absolute Gasteiger partial charge is 0.354 e. The van der Waals surface area contributed by atoms with Crippen molar-refractivity contribution in [1.82, 2.24) is 14.9 Å². The lowest BCUT2D eigenvalue weighted by Gasteiger charge is -2.34. The van der Waals surface area contributed by atoms with Gasteiger partial charge >= 0.3 is 5.97 Å². The minimum Gasteiger partial charge on any atom is -0.477 e. The molecule has 0 saturated heterocycles. The molecule has 0 bridgehead atoms. The Kier molecular flexibility index (Phi) is 3.55. The maximum Gasteiger partial charge on any atom is 0.354 e. The third-order valence-electron chi connectivity index (χ3n) is 3.13. The highest BCUT2D eigenvalue weighted by Crippen LogP contribution is 2.19. The van der Waals surface area contributed by atoms with Gasteiger partial charge in [0.15, 0.2) is 11.4 Å². The van der Waals surface area contributed by atoms with E-state index in [4.69, 9.17) is 5.11 Å². The Balaban J connectivity index is 3.05. The molecular weight excluding hydrogens is 222 g/mol. The van der Waals surface area contributed by atoms with Crippen LogP contribution in [0.25, 0.3) is 0 Å². The topological polar surface area (TPSA) is 86.3 Å². The zero-order valence-electron chi connectivity index (χ0n) is 10.4. The summed E-state index contributed by atoms with van der Waals surface area (Å²) in [4.78, 5) is 30.7. The minimum absolute atomic E-state index is 0.0541. The van der Waals surface area contributed by atoms with Gasteiger partial charge < -0.3 is 15.0 Å². The molecule has 0 radical (unpaired) electrons. The summed E-state index contributed by atoms with van der Waals surface area (Å²) in [6.45, 7) is 5.79. The number of aromatic amines is 1. The average molecular weight is 239 g/mol. The first-order valence-corrected chi connectivity index (χ1v) is 5.36. The number of aromatic nitrogens is 2. The summed E-state index contributed by atoms with van der Waals surface area (Å²) >= 11 is 0. The van der Waals surface area contributed by atoms with Crippen molar-refractivity contribution in [2.24, 2.45) is 0 Å². The third-order valence-corrected chi connectivity index (χ3v) is 3.13. The molecule has 94 valence electrons. The van der Waals surface area contributed by atoms with Crippen LogP contribution < -0.4 is 0 Å². The van der Waals surface area contributed by atoms with Crippen molar-refractivity contribution in [1.29, 1.82) is 0 Å². The maximum absolute atomic E-state index is 12.1. The van der Waals surface area contributed by atoms with Crippen LogP contribution in [-0.2, 0) is 0 Å². The normalized spacial score (nSPS) is 11.3. The Hall–Kier alpha value is -1.85. The van der Waals surface area contributed by atoms with E-state index in [0.29, 0.717) is 0 Å². The van der Waals surface area contributed by atoms with Crippen LogP contribution in [0.2, 0.25) is 0 Å². The Morgan fingerprint density at radius 2 is 2.12 bits per heavy atom. The van der Waals surface area contributed by atoms with E-state index < -0.39 is 11.9 Å². The molecule has 0 aliphatic heterocycles. The second kappa shape index (κ2) is 4.57. The highest BCUT2D eigenvalue weighted by Gasteiger charge is 2.30. The quantitative estimate of drug-likeness (QED) is 0.830. The fourth-order valence-corrected chi connectivity index (χ4v) is 1.29. The molecule has 1 aromatic rings. The molecule has 17 heavy (non-hydrogen) atoms. The van der Waals surface area contributed by atoms with E-state index in [1.807, 2.05) is 20.8 Å². The number of aromatic carboxylic acids is 1. The molecule has 1 rings (SSSR count). The van der Waals surface area contributed by atoms with Gasteiger partial charge in [-0.05, 0) is 20.3 Å². The lowest BCUT2D eigenvalue weighted by Crippen LogP contribution is -2.45. The molecule has 0 aromatic carbocycles. The zero-order valence-corrected chi connectivity index (χ0v) is 10.4. The molecule has 2 N–H and O–H groups in total. The lowest BCUT2D eigenvalue weighted by atomic mass is 9.99. The molecule has 0 fully saturated rings. The van der Waals surface area contributed by atoms with Gasteiger partial charge in [0.2, 0.25) is 0 Å². The predicted molar refractivity (Wildman–Crippen MR) is 62.0 cm³/mol. The summed E-state index contributed by atoms with van der Waals surface area (Å²) in [5.74, 6) is -1.58. The molecule has 0 spiro atoms.